The van der Waals surface area contributed by atoms with Crippen molar-refractivity contribution >= 4 is 0 Å². The van der Waals surface area contributed by atoms with Gasteiger partial charge in [-0.05, 0) is 13.8 Å². The largest absolute Gasteiger partial charge is 0.380 e. The van der Waals surface area contributed by atoms with Crippen LogP contribution in [0.2, 0.25) is 0 Å². The molecule has 0 spiro atoms. The Morgan fingerprint density at radius 3 is 2.81 bits per heavy atom. The van der Waals surface area contributed by atoms with Crippen LogP contribution in [0.4, 0.5) is 0 Å². The number of nitrogens with one attached hydrogen (secondary N) is 1. The van der Waals surface area contributed by atoms with Gasteiger partial charge in [-0.3, -0.25) is 4.68 Å². The average Bonchev–Trinajstić information content (AvgIpc) is 2.64. The summed E-state index contributed by atoms with van der Waals surface area (Å²) in [6, 6.07) is 0.436. The third-order valence-corrected chi connectivity index (χ3v) is 2.97. The fourth-order valence-corrected chi connectivity index (χ4v) is 1.81. The topological polar surface area (TPSA) is 39.1 Å². The zero-order valence-corrected chi connectivity index (χ0v) is 10.4. The van der Waals surface area contributed by atoms with Gasteiger partial charge in [0.15, 0.2) is 0 Å². The van der Waals surface area contributed by atoms with Crippen molar-refractivity contribution in [2.24, 2.45) is 5.41 Å². The lowest BCUT2D eigenvalue weighted by atomic mass is 9.89. The fourth-order valence-electron chi connectivity index (χ4n) is 1.81. The normalized spacial score (nSPS) is 18.8. The van der Waals surface area contributed by atoms with Crippen LogP contribution >= 0.6 is 0 Å². The first-order valence-corrected chi connectivity index (χ1v) is 5.91. The number of ether oxygens (including phenoxy) is 1. The summed E-state index contributed by atoms with van der Waals surface area (Å²) in [5.74, 6) is 0. The first kappa shape index (κ1) is 11.6. The van der Waals surface area contributed by atoms with Crippen molar-refractivity contribution in [3.05, 3.63) is 18.0 Å². The molecule has 1 aromatic heterocycles. The summed E-state index contributed by atoms with van der Waals surface area (Å²) in [6.07, 6.45) is 4.05. The summed E-state index contributed by atoms with van der Waals surface area (Å²) >= 11 is 0. The molecule has 1 aliphatic heterocycles. The molecule has 1 saturated heterocycles. The van der Waals surface area contributed by atoms with Crippen molar-refractivity contribution in [1.82, 2.24) is 15.1 Å². The number of aromatic nitrogens is 2. The van der Waals surface area contributed by atoms with Crippen molar-refractivity contribution < 1.29 is 4.74 Å². The zero-order valence-electron chi connectivity index (χ0n) is 10.4. The third kappa shape index (κ3) is 2.62. The smallest absolute Gasteiger partial charge is 0.0554 e. The minimum Gasteiger partial charge on any atom is -0.380 e. The Balaban J connectivity index is 1.76. The Bertz CT molecular complexity index is 342. The molecule has 1 aromatic rings. The molecule has 0 atom stereocenters. The Labute approximate surface area is 97.0 Å². The van der Waals surface area contributed by atoms with E-state index < -0.39 is 0 Å². The maximum atomic E-state index is 5.22. The van der Waals surface area contributed by atoms with Crippen molar-refractivity contribution in [2.45, 2.75) is 33.4 Å². The second kappa shape index (κ2) is 4.55. The highest BCUT2D eigenvalue weighted by Gasteiger charge is 2.32. The molecule has 2 rings (SSSR count). The van der Waals surface area contributed by atoms with E-state index in [0.29, 0.717) is 11.5 Å². The maximum absolute atomic E-state index is 5.22. The van der Waals surface area contributed by atoms with E-state index in [4.69, 9.17) is 4.74 Å². The van der Waals surface area contributed by atoms with Gasteiger partial charge in [0.1, 0.15) is 0 Å². The summed E-state index contributed by atoms with van der Waals surface area (Å²) in [4.78, 5) is 0. The molecule has 90 valence electrons. The Morgan fingerprint density at radius 2 is 2.31 bits per heavy atom. The minimum atomic E-state index is 0.341. The van der Waals surface area contributed by atoms with Crippen LogP contribution in [0.5, 0.6) is 0 Å². The van der Waals surface area contributed by atoms with Crippen molar-refractivity contribution in [3.8, 4) is 0 Å². The maximum Gasteiger partial charge on any atom is 0.0554 e. The van der Waals surface area contributed by atoms with Crippen LogP contribution in [0.15, 0.2) is 12.4 Å². The van der Waals surface area contributed by atoms with Crippen molar-refractivity contribution in [2.75, 3.05) is 19.8 Å². The molecule has 0 saturated carbocycles. The molecule has 0 aliphatic carbocycles. The molecule has 0 amide bonds. The molecule has 0 aromatic carbocycles. The molecule has 0 bridgehead atoms. The molecule has 1 aliphatic rings. The van der Waals surface area contributed by atoms with Gasteiger partial charge in [0.25, 0.3) is 0 Å². The van der Waals surface area contributed by atoms with Crippen LogP contribution in [0.1, 0.15) is 32.4 Å². The molecule has 1 fully saturated rings. The number of nitrogens with zero attached hydrogens (tertiary/aromatic N) is 2. The molecule has 1 N–H and O–H groups in total. The number of hydrogen-bond donors (Lipinski definition) is 1. The molecule has 4 heteroatoms. The first-order chi connectivity index (χ1) is 7.59. The molecular formula is C12H21N3O. The Morgan fingerprint density at radius 1 is 1.56 bits per heavy atom. The minimum absolute atomic E-state index is 0.341. The van der Waals surface area contributed by atoms with E-state index in [9.17, 15) is 0 Å². The molecule has 0 radical (unpaired) electrons. The second-order valence-corrected chi connectivity index (χ2v) is 5.33. The first-order valence-electron chi connectivity index (χ1n) is 5.91. The van der Waals surface area contributed by atoms with Crippen LogP contribution in [0.3, 0.4) is 0 Å². The quantitative estimate of drug-likeness (QED) is 0.824. The van der Waals surface area contributed by atoms with Crippen LogP contribution < -0.4 is 5.32 Å². The third-order valence-electron chi connectivity index (χ3n) is 2.97. The van der Waals surface area contributed by atoms with E-state index in [1.165, 1.54) is 5.56 Å². The molecular weight excluding hydrogens is 202 g/mol. The van der Waals surface area contributed by atoms with E-state index in [0.717, 1.165) is 26.3 Å². The van der Waals surface area contributed by atoms with Crippen molar-refractivity contribution in [1.29, 1.82) is 0 Å². The standard InChI is InChI=1S/C12H21N3O/c1-10(2)15-6-11(5-14-15)4-13-7-12(3)8-16-9-12/h5-6,10,13H,4,7-9H2,1-3H3. The van der Waals surface area contributed by atoms with E-state index in [1.807, 2.05) is 10.9 Å². The van der Waals surface area contributed by atoms with Gasteiger partial charge < -0.3 is 10.1 Å². The SMILES string of the molecule is CC(C)n1cc(CNCC2(C)COC2)cn1. The molecule has 16 heavy (non-hydrogen) atoms. The molecule has 2 heterocycles. The van der Waals surface area contributed by atoms with Gasteiger partial charge in [0, 0.05) is 36.3 Å². The average molecular weight is 223 g/mol. The highest BCUT2D eigenvalue weighted by atomic mass is 16.5. The summed E-state index contributed by atoms with van der Waals surface area (Å²) < 4.78 is 7.21. The Kier molecular flexibility index (Phi) is 3.30. The lowest BCUT2D eigenvalue weighted by molar-refractivity contribution is -0.0991. The van der Waals surface area contributed by atoms with E-state index in [-0.39, 0.29) is 0 Å². The van der Waals surface area contributed by atoms with Crippen LogP contribution in [0, 0.1) is 5.41 Å². The second-order valence-electron chi connectivity index (χ2n) is 5.33. The summed E-state index contributed by atoms with van der Waals surface area (Å²) in [5.41, 5.74) is 1.59. The summed E-state index contributed by atoms with van der Waals surface area (Å²) in [6.45, 7) is 10.2. The van der Waals surface area contributed by atoms with Gasteiger partial charge in [-0.25, -0.2) is 0 Å². The highest BCUT2D eigenvalue weighted by molar-refractivity contribution is 5.04. The molecule has 4 nitrogen and oxygen atoms in total. The van der Waals surface area contributed by atoms with Crippen molar-refractivity contribution in [3.63, 3.8) is 0 Å². The van der Waals surface area contributed by atoms with Gasteiger partial charge in [-0.2, -0.15) is 5.10 Å². The van der Waals surface area contributed by atoms with Gasteiger partial charge in [0.05, 0.1) is 19.4 Å². The molecule has 0 unspecified atom stereocenters. The van der Waals surface area contributed by atoms with Crippen LogP contribution in [0.25, 0.3) is 0 Å². The van der Waals surface area contributed by atoms with Gasteiger partial charge in [-0.15, -0.1) is 0 Å². The van der Waals surface area contributed by atoms with E-state index in [2.05, 4.69) is 37.4 Å². The van der Waals surface area contributed by atoms with Gasteiger partial charge in [-0.1, -0.05) is 6.92 Å². The monoisotopic (exact) mass is 223 g/mol. The van der Waals surface area contributed by atoms with E-state index in [1.54, 1.807) is 0 Å². The number of hydrogen-bond acceptors (Lipinski definition) is 3. The summed E-state index contributed by atoms with van der Waals surface area (Å²) in [7, 11) is 0. The zero-order chi connectivity index (χ0) is 11.6. The van der Waals surface area contributed by atoms with Crippen LogP contribution in [-0.2, 0) is 11.3 Å². The lowest BCUT2D eigenvalue weighted by Crippen LogP contribution is -2.47. The summed E-state index contributed by atoms with van der Waals surface area (Å²) in [5, 5.41) is 7.78. The fraction of sp³-hybridized carbons (Fsp3) is 0.750. The van der Waals surface area contributed by atoms with Gasteiger partial charge >= 0.3 is 0 Å². The van der Waals surface area contributed by atoms with E-state index >= 15 is 0 Å². The highest BCUT2D eigenvalue weighted by Crippen LogP contribution is 2.25. The predicted octanol–water partition coefficient (Wildman–Crippen LogP) is 1.59. The van der Waals surface area contributed by atoms with Gasteiger partial charge in [0.2, 0.25) is 0 Å². The predicted molar refractivity (Wildman–Crippen MR) is 63.2 cm³/mol. The Hall–Kier alpha value is -0.870. The van der Waals surface area contributed by atoms with Crippen LogP contribution in [-0.4, -0.2) is 29.5 Å². The number of rotatable bonds is 5. The lowest BCUT2D eigenvalue weighted by Gasteiger charge is -2.38.